The van der Waals surface area contributed by atoms with E-state index in [1.165, 1.54) is 18.2 Å². The molecule has 0 saturated carbocycles. The number of carbonyl (C=O) groups is 1. The fourth-order valence-corrected chi connectivity index (χ4v) is 3.06. The number of unbranched alkanes of at least 4 members (excludes halogenated alkanes) is 1. The van der Waals surface area contributed by atoms with Crippen molar-refractivity contribution in [1.82, 2.24) is 4.98 Å². The van der Waals surface area contributed by atoms with Gasteiger partial charge in [-0.15, -0.1) is 13.2 Å². The number of H-pyrrole nitrogens is 1. The van der Waals surface area contributed by atoms with Crippen molar-refractivity contribution in [3.8, 4) is 23.3 Å². The smallest absolute Gasteiger partial charge is 0.493 e. The molecule has 1 heterocycles. The second-order valence-corrected chi connectivity index (χ2v) is 6.83. The lowest BCUT2D eigenvalue weighted by atomic mass is 10.1. The van der Waals surface area contributed by atoms with Gasteiger partial charge in [0.15, 0.2) is 0 Å². The Bertz CT molecular complexity index is 1130. The molecule has 1 aromatic heterocycles. The molecule has 0 radical (unpaired) electrons. The van der Waals surface area contributed by atoms with Crippen LogP contribution in [0.2, 0.25) is 0 Å². The number of carbonyl (C=O) groups excluding carboxylic acids is 1. The Morgan fingerprint density at radius 3 is 2.75 bits per heavy atom. The van der Waals surface area contributed by atoms with Gasteiger partial charge >= 0.3 is 12.3 Å². The van der Waals surface area contributed by atoms with Crippen LogP contribution in [0.1, 0.15) is 30.9 Å². The van der Waals surface area contributed by atoms with Gasteiger partial charge in [-0.25, -0.2) is 0 Å². The Kier molecular flexibility index (Phi) is 7.66. The van der Waals surface area contributed by atoms with E-state index in [1.807, 2.05) is 18.2 Å². The highest BCUT2D eigenvalue weighted by atomic mass is 19.4. The third kappa shape index (κ3) is 6.98. The molecule has 8 heteroatoms. The van der Waals surface area contributed by atoms with E-state index in [0.717, 1.165) is 16.5 Å². The SMILES string of the molecule is CCOC(=O)Cc1c[nH]c2cc(OCCCC#Cc3cccc(OC(F)(F)F)c3)ccc12. The second-order valence-electron chi connectivity index (χ2n) is 6.83. The minimum atomic E-state index is -4.73. The maximum atomic E-state index is 12.3. The molecule has 5 nitrogen and oxygen atoms in total. The number of aromatic amines is 1. The van der Waals surface area contributed by atoms with Gasteiger partial charge in [0, 0.05) is 35.2 Å². The minimum Gasteiger partial charge on any atom is -0.493 e. The first-order valence-electron chi connectivity index (χ1n) is 10.1. The first kappa shape index (κ1) is 23.1. The average Bonchev–Trinajstić information content (AvgIpc) is 3.11. The van der Waals surface area contributed by atoms with Crippen LogP contribution in [0.4, 0.5) is 13.2 Å². The van der Waals surface area contributed by atoms with Crippen molar-refractivity contribution < 1.29 is 32.2 Å². The number of benzene rings is 2. The number of aromatic nitrogens is 1. The number of hydrogen-bond donors (Lipinski definition) is 1. The second kappa shape index (κ2) is 10.6. The normalized spacial score (nSPS) is 11.0. The number of nitrogens with one attached hydrogen (secondary N) is 1. The number of hydrogen-bond acceptors (Lipinski definition) is 4. The van der Waals surface area contributed by atoms with Gasteiger partial charge in [0.2, 0.25) is 0 Å². The van der Waals surface area contributed by atoms with E-state index < -0.39 is 6.36 Å². The molecule has 0 spiro atoms. The third-order valence-electron chi connectivity index (χ3n) is 4.39. The van der Waals surface area contributed by atoms with Crippen LogP contribution in [0.3, 0.4) is 0 Å². The molecule has 3 rings (SSSR count). The van der Waals surface area contributed by atoms with Gasteiger partial charge in [-0.2, -0.15) is 0 Å². The molecular weight excluding hydrogens is 423 g/mol. The van der Waals surface area contributed by atoms with E-state index in [9.17, 15) is 18.0 Å². The van der Waals surface area contributed by atoms with Gasteiger partial charge in [0.05, 0.1) is 19.6 Å². The summed E-state index contributed by atoms with van der Waals surface area (Å²) in [6.07, 6.45) is -1.55. The molecule has 0 aliphatic carbocycles. The molecule has 0 fully saturated rings. The summed E-state index contributed by atoms with van der Waals surface area (Å²) in [6, 6.07) is 11.2. The largest absolute Gasteiger partial charge is 0.573 e. The summed E-state index contributed by atoms with van der Waals surface area (Å²) < 4.78 is 51.4. The van der Waals surface area contributed by atoms with Crippen LogP contribution in [0.5, 0.6) is 11.5 Å². The van der Waals surface area contributed by atoms with E-state index in [1.54, 1.807) is 19.2 Å². The number of rotatable bonds is 8. The predicted molar refractivity (Wildman–Crippen MR) is 113 cm³/mol. The summed E-state index contributed by atoms with van der Waals surface area (Å²) >= 11 is 0. The zero-order valence-corrected chi connectivity index (χ0v) is 17.4. The third-order valence-corrected chi connectivity index (χ3v) is 4.39. The van der Waals surface area contributed by atoms with Crippen LogP contribution in [0.15, 0.2) is 48.7 Å². The van der Waals surface area contributed by atoms with Gasteiger partial charge in [0.25, 0.3) is 0 Å². The fraction of sp³-hybridized carbons (Fsp3) is 0.292. The van der Waals surface area contributed by atoms with Crippen LogP contribution in [-0.4, -0.2) is 30.5 Å². The lowest BCUT2D eigenvalue weighted by molar-refractivity contribution is -0.274. The molecular formula is C24H22F3NO4. The topological polar surface area (TPSA) is 60.6 Å². The van der Waals surface area contributed by atoms with E-state index in [0.29, 0.717) is 37.4 Å². The van der Waals surface area contributed by atoms with Crippen molar-refractivity contribution in [2.24, 2.45) is 0 Å². The van der Waals surface area contributed by atoms with E-state index >= 15 is 0 Å². The monoisotopic (exact) mass is 445 g/mol. The maximum Gasteiger partial charge on any atom is 0.573 e. The van der Waals surface area contributed by atoms with Crippen molar-refractivity contribution >= 4 is 16.9 Å². The van der Waals surface area contributed by atoms with Gasteiger partial charge in [-0.3, -0.25) is 4.79 Å². The quantitative estimate of drug-likeness (QED) is 0.287. The van der Waals surface area contributed by atoms with E-state index in [-0.39, 0.29) is 18.1 Å². The Morgan fingerprint density at radius 2 is 1.97 bits per heavy atom. The molecule has 0 saturated heterocycles. The van der Waals surface area contributed by atoms with E-state index in [4.69, 9.17) is 9.47 Å². The molecule has 3 aromatic rings. The number of ether oxygens (including phenoxy) is 3. The van der Waals surface area contributed by atoms with Gasteiger partial charge in [-0.1, -0.05) is 17.9 Å². The average molecular weight is 445 g/mol. The van der Waals surface area contributed by atoms with Crippen LogP contribution < -0.4 is 9.47 Å². The van der Waals surface area contributed by atoms with Crippen molar-refractivity contribution in [3.63, 3.8) is 0 Å². The first-order valence-corrected chi connectivity index (χ1v) is 10.1. The summed E-state index contributed by atoms with van der Waals surface area (Å²) in [5.74, 6) is 5.87. The lowest BCUT2D eigenvalue weighted by Crippen LogP contribution is -2.17. The highest BCUT2D eigenvalue weighted by molar-refractivity contribution is 5.88. The Hall–Kier alpha value is -3.60. The highest BCUT2D eigenvalue weighted by Crippen LogP contribution is 2.25. The zero-order valence-electron chi connectivity index (χ0n) is 17.4. The maximum absolute atomic E-state index is 12.3. The van der Waals surface area contributed by atoms with Crippen molar-refractivity contribution in [2.45, 2.75) is 32.5 Å². The molecule has 2 aromatic carbocycles. The molecule has 0 atom stereocenters. The number of alkyl halides is 3. The standard InChI is InChI=1S/C24H22F3NO4/c1-2-30-23(29)14-18-16-28-22-15-19(10-11-21(18)22)31-12-5-3-4-7-17-8-6-9-20(13-17)32-24(25,26)27/h6,8-11,13,15-16,28H,2-3,5,12,14H2,1H3. The number of fused-ring (bicyclic) bond motifs is 1. The Morgan fingerprint density at radius 1 is 1.12 bits per heavy atom. The lowest BCUT2D eigenvalue weighted by Gasteiger charge is -2.08. The van der Waals surface area contributed by atoms with Crippen LogP contribution in [-0.2, 0) is 16.0 Å². The minimum absolute atomic E-state index is 0.206. The zero-order chi connectivity index (χ0) is 23.0. The molecule has 0 aliphatic rings. The van der Waals surface area contributed by atoms with Crippen molar-refractivity contribution in [1.29, 1.82) is 0 Å². The molecule has 0 aliphatic heterocycles. The Labute approximate surface area is 183 Å². The number of esters is 1. The van der Waals surface area contributed by atoms with Crippen molar-refractivity contribution in [3.05, 3.63) is 59.8 Å². The first-order chi connectivity index (χ1) is 15.3. The predicted octanol–water partition coefficient (Wildman–Crippen LogP) is 5.38. The number of halogens is 3. The molecule has 0 bridgehead atoms. The molecule has 0 amide bonds. The summed E-state index contributed by atoms with van der Waals surface area (Å²) in [4.78, 5) is 14.8. The summed E-state index contributed by atoms with van der Waals surface area (Å²) in [5, 5.41) is 0.938. The van der Waals surface area contributed by atoms with E-state index in [2.05, 4.69) is 21.6 Å². The Balaban J connectivity index is 1.47. The van der Waals surface area contributed by atoms with Crippen LogP contribution in [0.25, 0.3) is 10.9 Å². The summed E-state index contributed by atoms with van der Waals surface area (Å²) in [6.45, 7) is 2.56. The fourth-order valence-electron chi connectivity index (χ4n) is 3.06. The molecule has 32 heavy (non-hydrogen) atoms. The summed E-state index contributed by atoms with van der Waals surface area (Å²) in [5.41, 5.74) is 2.18. The van der Waals surface area contributed by atoms with Gasteiger partial charge in [-0.05, 0) is 49.2 Å². The summed E-state index contributed by atoms with van der Waals surface area (Å²) in [7, 11) is 0. The van der Waals surface area contributed by atoms with Crippen LogP contribution in [0, 0.1) is 11.8 Å². The molecule has 168 valence electrons. The van der Waals surface area contributed by atoms with Gasteiger partial charge in [0.1, 0.15) is 11.5 Å². The van der Waals surface area contributed by atoms with Crippen LogP contribution >= 0.6 is 0 Å². The molecule has 0 unspecified atom stereocenters. The molecule has 1 N–H and O–H groups in total. The van der Waals surface area contributed by atoms with Gasteiger partial charge < -0.3 is 19.2 Å². The van der Waals surface area contributed by atoms with Crippen molar-refractivity contribution in [2.75, 3.05) is 13.2 Å². The highest BCUT2D eigenvalue weighted by Gasteiger charge is 2.31.